The first-order chi connectivity index (χ1) is 9.58. The molecule has 0 saturated heterocycles. The highest BCUT2D eigenvalue weighted by Gasteiger charge is 2.19. The van der Waals surface area contributed by atoms with E-state index in [9.17, 15) is 0 Å². The molecule has 4 nitrogen and oxygen atoms in total. The number of hydrogen-bond acceptors (Lipinski definition) is 3. The SMILES string of the molecule is CCOCC(C)n1c(C(C)Cl)nc2cc(OC)ccc21. The number of nitrogens with zero attached hydrogens (tertiary/aromatic N) is 2. The van der Waals surface area contributed by atoms with Crippen LogP contribution in [0.25, 0.3) is 11.0 Å². The molecule has 0 aliphatic rings. The van der Waals surface area contributed by atoms with Gasteiger partial charge in [0.25, 0.3) is 0 Å². The van der Waals surface area contributed by atoms with Crippen molar-refractivity contribution >= 4 is 22.6 Å². The Morgan fingerprint density at radius 1 is 1.35 bits per heavy atom. The molecule has 0 spiro atoms. The summed E-state index contributed by atoms with van der Waals surface area (Å²) >= 11 is 6.28. The van der Waals surface area contributed by atoms with E-state index in [4.69, 9.17) is 21.1 Å². The molecule has 0 bridgehead atoms. The van der Waals surface area contributed by atoms with E-state index in [0.29, 0.717) is 13.2 Å². The van der Waals surface area contributed by atoms with Crippen LogP contribution in [0.2, 0.25) is 0 Å². The van der Waals surface area contributed by atoms with Gasteiger partial charge in [-0.1, -0.05) is 0 Å². The van der Waals surface area contributed by atoms with E-state index < -0.39 is 0 Å². The van der Waals surface area contributed by atoms with Gasteiger partial charge >= 0.3 is 0 Å². The molecule has 2 aromatic rings. The van der Waals surface area contributed by atoms with E-state index in [1.807, 2.05) is 32.0 Å². The normalized spacial score (nSPS) is 14.4. The largest absolute Gasteiger partial charge is 0.497 e. The van der Waals surface area contributed by atoms with Crippen molar-refractivity contribution in [2.45, 2.75) is 32.2 Å². The second-order valence-electron chi connectivity index (χ2n) is 4.82. The highest BCUT2D eigenvalue weighted by molar-refractivity contribution is 6.20. The fourth-order valence-corrected chi connectivity index (χ4v) is 2.48. The highest BCUT2D eigenvalue weighted by atomic mass is 35.5. The summed E-state index contributed by atoms with van der Waals surface area (Å²) in [6, 6.07) is 6.08. The van der Waals surface area contributed by atoms with Crippen LogP contribution in [0.1, 0.15) is 38.0 Å². The lowest BCUT2D eigenvalue weighted by molar-refractivity contribution is 0.119. The van der Waals surface area contributed by atoms with Gasteiger partial charge in [-0.15, -0.1) is 11.6 Å². The quantitative estimate of drug-likeness (QED) is 0.758. The third-order valence-corrected chi connectivity index (χ3v) is 3.48. The molecule has 2 atom stereocenters. The number of alkyl halides is 1. The molecule has 5 heteroatoms. The maximum Gasteiger partial charge on any atom is 0.128 e. The first-order valence-corrected chi connectivity index (χ1v) is 7.29. The van der Waals surface area contributed by atoms with Gasteiger partial charge < -0.3 is 14.0 Å². The Kier molecular flexibility index (Phi) is 4.89. The lowest BCUT2D eigenvalue weighted by atomic mass is 10.2. The third-order valence-electron chi connectivity index (χ3n) is 3.28. The van der Waals surface area contributed by atoms with E-state index in [1.54, 1.807) is 7.11 Å². The van der Waals surface area contributed by atoms with Crippen molar-refractivity contribution in [2.75, 3.05) is 20.3 Å². The van der Waals surface area contributed by atoms with E-state index >= 15 is 0 Å². The van der Waals surface area contributed by atoms with Crippen LogP contribution in [0.15, 0.2) is 18.2 Å². The molecule has 1 aromatic heterocycles. The van der Waals surface area contributed by atoms with Crippen molar-refractivity contribution in [3.63, 3.8) is 0 Å². The van der Waals surface area contributed by atoms with Gasteiger partial charge in [-0.3, -0.25) is 0 Å². The van der Waals surface area contributed by atoms with Crippen LogP contribution in [0.5, 0.6) is 5.75 Å². The summed E-state index contributed by atoms with van der Waals surface area (Å²) in [5, 5.41) is -0.155. The maximum atomic E-state index is 6.28. The minimum absolute atomic E-state index is 0.155. The molecule has 1 aromatic carbocycles. The topological polar surface area (TPSA) is 36.3 Å². The fourth-order valence-electron chi connectivity index (χ4n) is 2.33. The van der Waals surface area contributed by atoms with Crippen molar-refractivity contribution in [3.8, 4) is 5.75 Å². The number of imidazole rings is 1. The number of ether oxygens (including phenoxy) is 2. The molecule has 0 amide bonds. The minimum Gasteiger partial charge on any atom is -0.497 e. The predicted octanol–water partition coefficient (Wildman–Crippen LogP) is 3.94. The van der Waals surface area contributed by atoms with Gasteiger partial charge in [0.15, 0.2) is 0 Å². The van der Waals surface area contributed by atoms with Gasteiger partial charge in [-0.25, -0.2) is 4.98 Å². The molecule has 20 heavy (non-hydrogen) atoms. The predicted molar refractivity (Wildman–Crippen MR) is 81.8 cm³/mol. The smallest absolute Gasteiger partial charge is 0.128 e. The van der Waals surface area contributed by atoms with Crippen LogP contribution >= 0.6 is 11.6 Å². The van der Waals surface area contributed by atoms with Crippen molar-refractivity contribution in [1.29, 1.82) is 0 Å². The Labute approximate surface area is 124 Å². The van der Waals surface area contributed by atoms with Gasteiger partial charge in [0.2, 0.25) is 0 Å². The van der Waals surface area contributed by atoms with Crippen molar-refractivity contribution in [3.05, 3.63) is 24.0 Å². The second kappa shape index (κ2) is 6.46. The minimum atomic E-state index is -0.155. The van der Waals surface area contributed by atoms with Crippen LogP contribution in [-0.4, -0.2) is 29.9 Å². The Balaban J connectivity index is 2.51. The fraction of sp³-hybridized carbons (Fsp3) is 0.533. The zero-order valence-corrected chi connectivity index (χ0v) is 13.1. The Bertz CT molecular complexity index is 581. The first kappa shape index (κ1) is 15.1. The first-order valence-electron chi connectivity index (χ1n) is 6.86. The molecular formula is C15H21ClN2O2. The van der Waals surface area contributed by atoms with Gasteiger partial charge in [0, 0.05) is 12.7 Å². The second-order valence-corrected chi connectivity index (χ2v) is 5.47. The Morgan fingerprint density at radius 2 is 2.10 bits per heavy atom. The van der Waals surface area contributed by atoms with Crippen molar-refractivity contribution < 1.29 is 9.47 Å². The number of fused-ring (bicyclic) bond motifs is 1. The molecule has 2 rings (SSSR count). The van der Waals surface area contributed by atoms with Gasteiger partial charge in [0.05, 0.1) is 36.2 Å². The van der Waals surface area contributed by atoms with Gasteiger partial charge in [-0.05, 0) is 32.9 Å². The molecule has 0 N–H and O–H groups in total. The molecule has 2 unspecified atom stereocenters. The maximum absolute atomic E-state index is 6.28. The molecule has 0 radical (unpaired) electrons. The molecule has 0 saturated carbocycles. The molecule has 1 heterocycles. The van der Waals surface area contributed by atoms with E-state index in [2.05, 4.69) is 16.5 Å². The Morgan fingerprint density at radius 3 is 2.70 bits per heavy atom. The molecular weight excluding hydrogens is 276 g/mol. The summed E-state index contributed by atoms with van der Waals surface area (Å²) in [6.45, 7) is 7.39. The lowest BCUT2D eigenvalue weighted by Gasteiger charge is -2.18. The summed E-state index contributed by atoms with van der Waals surface area (Å²) < 4.78 is 12.9. The van der Waals surface area contributed by atoms with E-state index in [-0.39, 0.29) is 11.4 Å². The summed E-state index contributed by atoms with van der Waals surface area (Å²) in [5.74, 6) is 1.66. The highest BCUT2D eigenvalue weighted by Crippen LogP contribution is 2.30. The summed E-state index contributed by atoms with van der Waals surface area (Å²) in [7, 11) is 1.65. The third kappa shape index (κ3) is 2.91. The summed E-state index contributed by atoms with van der Waals surface area (Å²) in [5.41, 5.74) is 1.95. The van der Waals surface area contributed by atoms with E-state index in [0.717, 1.165) is 22.6 Å². The average Bonchev–Trinajstić information content (AvgIpc) is 2.83. The molecule has 0 aliphatic heterocycles. The summed E-state index contributed by atoms with van der Waals surface area (Å²) in [4.78, 5) is 4.65. The molecule has 0 aliphatic carbocycles. The van der Waals surface area contributed by atoms with Crippen molar-refractivity contribution in [1.82, 2.24) is 9.55 Å². The number of benzene rings is 1. The van der Waals surface area contributed by atoms with Gasteiger partial charge in [-0.2, -0.15) is 0 Å². The average molecular weight is 297 g/mol. The van der Waals surface area contributed by atoms with Crippen LogP contribution in [0.4, 0.5) is 0 Å². The van der Waals surface area contributed by atoms with E-state index in [1.165, 1.54) is 0 Å². The van der Waals surface area contributed by atoms with Crippen molar-refractivity contribution in [2.24, 2.45) is 0 Å². The van der Waals surface area contributed by atoms with Crippen LogP contribution in [0, 0.1) is 0 Å². The summed E-state index contributed by atoms with van der Waals surface area (Å²) in [6.07, 6.45) is 0. The number of aromatic nitrogens is 2. The van der Waals surface area contributed by atoms with Gasteiger partial charge in [0.1, 0.15) is 11.6 Å². The van der Waals surface area contributed by atoms with Crippen LogP contribution < -0.4 is 4.74 Å². The number of rotatable bonds is 6. The number of halogens is 1. The molecule has 0 fully saturated rings. The zero-order valence-electron chi connectivity index (χ0n) is 12.4. The standard InChI is InChI=1S/C15H21ClN2O2/c1-5-20-9-10(2)18-14-7-6-12(19-4)8-13(14)17-15(18)11(3)16/h6-8,10-11H,5,9H2,1-4H3. The van der Waals surface area contributed by atoms with Crippen LogP contribution in [-0.2, 0) is 4.74 Å². The number of methoxy groups -OCH3 is 1. The van der Waals surface area contributed by atoms with Crippen LogP contribution in [0.3, 0.4) is 0 Å². The zero-order chi connectivity index (χ0) is 14.7. The lowest BCUT2D eigenvalue weighted by Crippen LogP contribution is -2.15. The Hall–Kier alpha value is -1.26. The molecule has 110 valence electrons. The monoisotopic (exact) mass is 296 g/mol. The number of hydrogen-bond donors (Lipinski definition) is 0.